The van der Waals surface area contributed by atoms with Gasteiger partial charge in [-0.25, -0.2) is 4.39 Å². The fraction of sp³-hybridized carbons (Fsp3) is 1.00. The van der Waals surface area contributed by atoms with Crippen molar-refractivity contribution in [3.05, 3.63) is 0 Å². The van der Waals surface area contributed by atoms with E-state index in [2.05, 4.69) is 5.32 Å². The lowest BCUT2D eigenvalue weighted by Crippen LogP contribution is -2.30. The van der Waals surface area contributed by atoms with E-state index in [1.807, 2.05) is 0 Å². The standard InChI is InChI=1S/C12H22FN/c1-12(13)8-11(14-9-12)10-6-4-2-3-5-7-10/h10-11,14H,2-9H2,1H3. The Morgan fingerprint density at radius 2 is 1.79 bits per heavy atom. The molecule has 82 valence electrons. The molecule has 1 nitrogen and oxygen atoms in total. The van der Waals surface area contributed by atoms with Gasteiger partial charge in [0.25, 0.3) is 0 Å². The van der Waals surface area contributed by atoms with Gasteiger partial charge in [0.15, 0.2) is 0 Å². The molecular formula is C12H22FN. The van der Waals surface area contributed by atoms with Gasteiger partial charge in [-0.05, 0) is 32.1 Å². The van der Waals surface area contributed by atoms with Gasteiger partial charge in [0.2, 0.25) is 0 Å². The Balaban J connectivity index is 1.88. The topological polar surface area (TPSA) is 12.0 Å². The van der Waals surface area contributed by atoms with Gasteiger partial charge in [0, 0.05) is 12.6 Å². The van der Waals surface area contributed by atoms with Gasteiger partial charge < -0.3 is 5.32 Å². The number of alkyl halides is 1. The molecule has 0 amide bonds. The van der Waals surface area contributed by atoms with Crippen LogP contribution in [-0.2, 0) is 0 Å². The maximum atomic E-state index is 13.7. The summed E-state index contributed by atoms with van der Waals surface area (Å²) in [6.07, 6.45) is 8.84. The number of nitrogens with one attached hydrogen (secondary N) is 1. The van der Waals surface area contributed by atoms with Crippen LogP contribution in [0, 0.1) is 5.92 Å². The first-order valence-corrected chi connectivity index (χ1v) is 6.10. The van der Waals surface area contributed by atoms with Crippen molar-refractivity contribution < 1.29 is 4.39 Å². The van der Waals surface area contributed by atoms with Gasteiger partial charge in [-0.15, -0.1) is 0 Å². The number of halogens is 1. The molecule has 0 radical (unpaired) electrons. The molecule has 1 aliphatic heterocycles. The summed E-state index contributed by atoms with van der Waals surface area (Å²) in [5.41, 5.74) is -0.947. The van der Waals surface area contributed by atoms with Gasteiger partial charge in [-0.2, -0.15) is 0 Å². The molecule has 2 heteroatoms. The first-order chi connectivity index (χ1) is 6.67. The maximum absolute atomic E-state index is 13.7. The zero-order valence-corrected chi connectivity index (χ0v) is 9.19. The Labute approximate surface area is 86.5 Å². The lowest BCUT2D eigenvalue weighted by molar-refractivity contribution is 0.205. The predicted molar refractivity (Wildman–Crippen MR) is 57.1 cm³/mol. The van der Waals surface area contributed by atoms with E-state index in [0.717, 1.165) is 12.3 Å². The van der Waals surface area contributed by atoms with Crippen molar-refractivity contribution in [3.63, 3.8) is 0 Å². The average Bonchev–Trinajstić information content (AvgIpc) is 2.42. The zero-order valence-electron chi connectivity index (χ0n) is 9.19. The normalized spacial score (nSPS) is 41.1. The molecule has 0 bridgehead atoms. The summed E-state index contributed by atoms with van der Waals surface area (Å²) in [5, 5.41) is 3.37. The second kappa shape index (κ2) is 4.18. The summed E-state index contributed by atoms with van der Waals surface area (Å²) < 4.78 is 13.7. The Morgan fingerprint density at radius 1 is 1.14 bits per heavy atom. The van der Waals surface area contributed by atoms with Gasteiger partial charge in [-0.3, -0.25) is 0 Å². The Hall–Kier alpha value is -0.110. The summed E-state index contributed by atoms with van der Waals surface area (Å²) in [6.45, 7) is 2.30. The largest absolute Gasteiger partial charge is 0.310 e. The fourth-order valence-electron chi connectivity index (χ4n) is 2.99. The molecule has 1 heterocycles. The smallest absolute Gasteiger partial charge is 0.122 e. The third-order valence-corrected chi connectivity index (χ3v) is 3.85. The molecule has 0 aromatic rings. The van der Waals surface area contributed by atoms with Crippen molar-refractivity contribution in [3.8, 4) is 0 Å². The highest BCUT2D eigenvalue weighted by Crippen LogP contribution is 2.33. The second-order valence-electron chi connectivity index (χ2n) is 5.36. The van der Waals surface area contributed by atoms with Gasteiger partial charge >= 0.3 is 0 Å². The number of rotatable bonds is 1. The quantitative estimate of drug-likeness (QED) is 0.640. The van der Waals surface area contributed by atoms with E-state index in [0.29, 0.717) is 12.6 Å². The van der Waals surface area contributed by atoms with E-state index in [4.69, 9.17) is 0 Å². The van der Waals surface area contributed by atoms with Crippen LogP contribution < -0.4 is 5.32 Å². The van der Waals surface area contributed by atoms with Crippen LogP contribution in [0.15, 0.2) is 0 Å². The molecule has 0 aromatic heterocycles. The molecule has 1 saturated heterocycles. The lowest BCUT2D eigenvalue weighted by Gasteiger charge is -2.22. The van der Waals surface area contributed by atoms with Crippen LogP contribution in [-0.4, -0.2) is 18.3 Å². The Morgan fingerprint density at radius 3 is 2.29 bits per heavy atom. The number of hydrogen-bond acceptors (Lipinski definition) is 1. The third-order valence-electron chi connectivity index (χ3n) is 3.85. The van der Waals surface area contributed by atoms with E-state index >= 15 is 0 Å². The second-order valence-corrected chi connectivity index (χ2v) is 5.36. The van der Waals surface area contributed by atoms with Crippen LogP contribution in [0.1, 0.15) is 51.9 Å². The summed E-state index contributed by atoms with van der Waals surface area (Å²) in [6, 6.07) is 0.461. The van der Waals surface area contributed by atoms with Gasteiger partial charge in [-0.1, -0.05) is 25.7 Å². The fourth-order valence-corrected chi connectivity index (χ4v) is 2.99. The Bertz CT molecular complexity index is 180. The van der Waals surface area contributed by atoms with Crippen molar-refractivity contribution in [1.82, 2.24) is 5.32 Å². The van der Waals surface area contributed by atoms with Crippen LogP contribution >= 0.6 is 0 Å². The highest BCUT2D eigenvalue weighted by atomic mass is 19.1. The molecule has 2 aliphatic rings. The van der Waals surface area contributed by atoms with Crippen LogP contribution in [0.2, 0.25) is 0 Å². The van der Waals surface area contributed by atoms with Crippen LogP contribution in [0.4, 0.5) is 4.39 Å². The minimum atomic E-state index is -0.947. The molecule has 1 saturated carbocycles. The maximum Gasteiger partial charge on any atom is 0.122 e. The van der Waals surface area contributed by atoms with Crippen molar-refractivity contribution >= 4 is 0 Å². The molecule has 2 unspecified atom stereocenters. The molecule has 1 aliphatic carbocycles. The summed E-state index contributed by atoms with van der Waals surface area (Å²) >= 11 is 0. The first kappa shape index (κ1) is 10.4. The van der Waals surface area contributed by atoms with Crippen LogP contribution in [0.25, 0.3) is 0 Å². The lowest BCUT2D eigenvalue weighted by atomic mass is 9.89. The van der Waals surface area contributed by atoms with Crippen molar-refractivity contribution in [2.75, 3.05) is 6.54 Å². The molecule has 2 fully saturated rings. The van der Waals surface area contributed by atoms with E-state index in [9.17, 15) is 4.39 Å². The molecule has 2 atom stereocenters. The highest BCUT2D eigenvalue weighted by Gasteiger charge is 2.38. The van der Waals surface area contributed by atoms with Crippen molar-refractivity contribution in [1.29, 1.82) is 0 Å². The minimum absolute atomic E-state index is 0.461. The minimum Gasteiger partial charge on any atom is -0.310 e. The monoisotopic (exact) mass is 199 g/mol. The highest BCUT2D eigenvalue weighted by molar-refractivity contribution is 4.94. The molecule has 2 rings (SSSR count). The Kier molecular flexibility index (Phi) is 3.10. The van der Waals surface area contributed by atoms with E-state index in [1.54, 1.807) is 6.92 Å². The predicted octanol–water partition coefficient (Wildman–Crippen LogP) is 3.05. The van der Waals surface area contributed by atoms with Crippen LogP contribution in [0.5, 0.6) is 0 Å². The summed E-state index contributed by atoms with van der Waals surface area (Å²) in [7, 11) is 0. The van der Waals surface area contributed by atoms with Gasteiger partial charge in [0.1, 0.15) is 5.67 Å². The SMILES string of the molecule is CC1(F)CNC(C2CCCCCC2)C1. The third kappa shape index (κ3) is 2.47. The van der Waals surface area contributed by atoms with E-state index in [-0.39, 0.29) is 0 Å². The molecule has 1 N–H and O–H groups in total. The average molecular weight is 199 g/mol. The summed E-state index contributed by atoms with van der Waals surface area (Å²) in [5.74, 6) is 0.745. The van der Waals surface area contributed by atoms with E-state index in [1.165, 1.54) is 38.5 Å². The zero-order chi connectivity index (χ0) is 10.0. The molecule has 14 heavy (non-hydrogen) atoms. The van der Waals surface area contributed by atoms with Gasteiger partial charge in [0.05, 0.1) is 0 Å². The molecule has 0 aromatic carbocycles. The van der Waals surface area contributed by atoms with Crippen LogP contribution in [0.3, 0.4) is 0 Å². The molecule has 0 spiro atoms. The van der Waals surface area contributed by atoms with E-state index < -0.39 is 5.67 Å². The first-order valence-electron chi connectivity index (χ1n) is 6.10. The number of hydrogen-bond donors (Lipinski definition) is 1. The molecular weight excluding hydrogens is 177 g/mol. The summed E-state index contributed by atoms with van der Waals surface area (Å²) in [4.78, 5) is 0. The van der Waals surface area contributed by atoms with Crippen molar-refractivity contribution in [2.45, 2.75) is 63.6 Å². The van der Waals surface area contributed by atoms with Crippen molar-refractivity contribution in [2.24, 2.45) is 5.92 Å².